The minimum absolute atomic E-state index is 0.162. The van der Waals surface area contributed by atoms with Gasteiger partial charge in [-0.2, -0.15) is 5.10 Å². The first kappa shape index (κ1) is 19.7. The van der Waals surface area contributed by atoms with Crippen molar-refractivity contribution in [3.8, 4) is 0 Å². The molecule has 26 heavy (non-hydrogen) atoms. The third-order valence-electron chi connectivity index (χ3n) is 3.86. The summed E-state index contributed by atoms with van der Waals surface area (Å²) in [4.78, 5) is 23.8. The number of carbonyl (C=O) groups excluding carboxylic acids is 2. The van der Waals surface area contributed by atoms with Crippen molar-refractivity contribution in [2.75, 3.05) is 6.54 Å². The Morgan fingerprint density at radius 1 is 1.00 bits per heavy atom. The van der Waals surface area contributed by atoms with Crippen LogP contribution >= 0.6 is 11.6 Å². The van der Waals surface area contributed by atoms with Gasteiger partial charge in [0.25, 0.3) is 11.8 Å². The Morgan fingerprint density at radius 2 is 1.58 bits per heavy atom. The van der Waals surface area contributed by atoms with E-state index in [2.05, 4.69) is 29.7 Å². The Kier molecular flexibility index (Phi) is 6.92. The molecule has 0 heterocycles. The van der Waals surface area contributed by atoms with Crippen LogP contribution in [0.25, 0.3) is 0 Å². The van der Waals surface area contributed by atoms with E-state index in [1.54, 1.807) is 24.3 Å². The Labute approximate surface area is 158 Å². The van der Waals surface area contributed by atoms with Crippen LogP contribution in [0.3, 0.4) is 0 Å². The highest BCUT2D eigenvalue weighted by Gasteiger charge is 2.08. The lowest BCUT2D eigenvalue weighted by Crippen LogP contribution is -2.35. The highest BCUT2D eigenvalue weighted by molar-refractivity contribution is 6.30. The quantitative estimate of drug-likeness (QED) is 0.600. The zero-order valence-corrected chi connectivity index (χ0v) is 15.8. The number of amides is 2. The molecule has 0 aromatic heterocycles. The van der Waals surface area contributed by atoms with Gasteiger partial charge in [0.15, 0.2) is 0 Å². The maximum absolute atomic E-state index is 11.9. The fraction of sp³-hybridized carbons (Fsp3) is 0.250. The van der Waals surface area contributed by atoms with E-state index in [1.807, 2.05) is 31.2 Å². The summed E-state index contributed by atoms with van der Waals surface area (Å²) < 4.78 is 0. The van der Waals surface area contributed by atoms with E-state index < -0.39 is 5.91 Å². The van der Waals surface area contributed by atoms with Crippen LogP contribution in [-0.2, 0) is 4.79 Å². The first-order chi connectivity index (χ1) is 12.4. The number of nitrogens with one attached hydrogen (secondary N) is 2. The maximum Gasteiger partial charge on any atom is 0.259 e. The summed E-state index contributed by atoms with van der Waals surface area (Å²) >= 11 is 5.78. The number of rotatable bonds is 6. The van der Waals surface area contributed by atoms with Crippen molar-refractivity contribution in [1.29, 1.82) is 0 Å². The van der Waals surface area contributed by atoms with Gasteiger partial charge in [-0.15, -0.1) is 0 Å². The van der Waals surface area contributed by atoms with E-state index in [9.17, 15) is 9.59 Å². The molecule has 0 atom stereocenters. The normalized spacial score (nSPS) is 11.3. The molecule has 0 aliphatic carbocycles. The highest BCUT2D eigenvalue weighted by atomic mass is 35.5. The third kappa shape index (κ3) is 5.70. The van der Waals surface area contributed by atoms with E-state index in [-0.39, 0.29) is 12.5 Å². The number of hydrazone groups is 1. The topological polar surface area (TPSA) is 70.6 Å². The van der Waals surface area contributed by atoms with Crippen LogP contribution in [0.1, 0.15) is 48.2 Å². The summed E-state index contributed by atoms with van der Waals surface area (Å²) in [7, 11) is 0. The van der Waals surface area contributed by atoms with Crippen molar-refractivity contribution in [2.24, 2.45) is 5.10 Å². The van der Waals surface area contributed by atoms with Crippen LogP contribution in [0.15, 0.2) is 53.6 Å². The van der Waals surface area contributed by atoms with E-state index in [0.29, 0.717) is 22.2 Å². The molecule has 0 aliphatic heterocycles. The molecular weight excluding hydrogens is 350 g/mol. The lowest BCUT2D eigenvalue weighted by Gasteiger charge is -2.07. The summed E-state index contributed by atoms with van der Waals surface area (Å²) in [6, 6.07) is 14.5. The number of benzene rings is 2. The van der Waals surface area contributed by atoms with Gasteiger partial charge in [-0.05, 0) is 48.2 Å². The second-order valence-electron chi connectivity index (χ2n) is 6.20. The van der Waals surface area contributed by atoms with Crippen LogP contribution < -0.4 is 10.7 Å². The van der Waals surface area contributed by atoms with Crippen molar-refractivity contribution >= 4 is 29.1 Å². The van der Waals surface area contributed by atoms with Crippen molar-refractivity contribution in [1.82, 2.24) is 10.7 Å². The average molecular weight is 372 g/mol. The fourth-order valence-corrected chi connectivity index (χ4v) is 2.35. The van der Waals surface area contributed by atoms with Gasteiger partial charge < -0.3 is 5.32 Å². The molecule has 0 fully saturated rings. The molecule has 2 aromatic carbocycles. The zero-order chi connectivity index (χ0) is 19.1. The second-order valence-corrected chi connectivity index (χ2v) is 6.63. The number of hydrogen-bond acceptors (Lipinski definition) is 3. The Balaban J connectivity index is 1.85. The molecule has 0 saturated carbocycles. The Morgan fingerprint density at radius 3 is 2.15 bits per heavy atom. The Hall–Kier alpha value is -2.66. The van der Waals surface area contributed by atoms with Crippen molar-refractivity contribution in [2.45, 2.75) is 26.7 Å². The summed E-state index contributed by atoms with van der Waals surface area (Å²) in [5, 5.41) is 7.16. The average Bonchev–Trinajstić information content (AvgIpc) is 2.64. The predicted molar refractivity (Wildman–Crippen MR) is 105 cm³/mol. The minimum Gasteiger partial charge on any atom is -0.343 e. The molecule has 136 valence electrons. The number of halogens is 1. The molecule has 0 aliphatic rings. The largest absolute Gasteiger partial charge is 0.343 e. The maximum atomic E-state index is 11.9. The lowest BCUT2D eigenvalue weighted by molar-refractivity contribution is -0.120. The number of carbonyl (C=O) groups is 2. The molecule has 2 aromatic rings. The highest BCUT2D eigenvalue weighted by Crippen LogP contribution is 2.15. The van der Waals surface area contributed by atoms with Gasteiger partial charge in [-0.1, -0.05) is 49.7 Å². The number of hydrogen-bond donors (Lipinski definition) is 2. The molecule has 0 spiro atoms. The third-order valence-corrected chi connectivity index (χ3v) is 4.11. The lowest BCUT2D eigenvalue weighted by atomic mass is 10.0. The molecule has 2 amide bonds. The summed E-state index contributed by atoms with van der Waals surface area (Å²) in [5.41, 5.74) is 5.75. The SMILES string of the molecule is C/C(=N\NC(=O)CNC(=O)c1ccc(Cl)cc1)c1ccc(C(C)C)cc1. The zero-order valence-electron chi connectivity index (χ0n) is 15.0. The molecule has 6 heteroatoms. The van der Waals surface area contributed by atoms with Gasteiger partial charge in [0.05, 0.1) is 12.3 Å². The van der Waals surface area contributed by atoms with E-state index >= 15 is 0 Å². The van der Waals surface area contributed by atoms with Crippen molar-refractivity contribution in [3.63, 3.8) is 0 Å². The van der Waals surface area contributed by atoms with Crippen LogP contribution in [0, 0.1) is 0 Å². The smallest absolute Gasteiger partial charge is 0.259 e. The summed E-state index contributed by atoms with van der Waals surface area (Å²) in [5.74, 6) is -0.280. The van der Waals surface area contributed by atoms with Gasteiger partial charge >= 0.3 is 0 Å². The van der Waals surface area contributed by atoms with Gasteiger partial charge in [-0.3, -0.25) is 9.59 Å². The summed E-state index contributed by atoms with van der Waals surface area (Å²) in [6.07, 6.45) is 0. The van der Waals surface area contributed by atoms with Crippen molar-refractivity contribution < 1.29 is 9.59 Å². The van der Waals surface area contributed by atoms with Crippen LogP contribution in [0.4, 0.5) is 0 Å². The fourth-order valence-electron chi connectivity index (χ4n) is 2.22. The van der Waals surface area contributed by atoms with Gasteiger partial charge in [0.1, 0.15) is 0 Å². The van der Waals surface area contributed by atoms with Gasteiger partial charge in [0, 0.05) is 10.6 Å². The Bertz CT molecular complexity index is 797. The first-order valence-corrected chi connectivity index (χ1v) is 8.72. The molecule has 0 unspecified atom stereocenters. The molecular formula is C20H22ClN3O2. The number of nitrogens with zero attached hydrogens (tertiary/aromatic N) is 1. The molecule has 5 nitrogen and oxygen atoms in total. The second kappa shape index (κ2) is 9.15. The van der Waals surface area contributed by atoms with Gasteiger partial charge in [-0.25, -0.2) is 5.43 Å². The van der Waals surface area contributed by atoms with Gasteiger partial charge in [0.2, 0.25) is 0 Å². The molecule has 2 rings (SSSR count). The molecule has 0 radical (unpaired) electrons. The van der Waals surface area contributed by atoms with Crippen LogP contribution in [0.5, 0.6) is 0 Å². The molecule has 0 saturated heterocycles. The summed E-state index contributed by atoms with van der Waals surface area (Å²) in [6.45, 7) is 5.92. The molecule has 0 bridgehead atoms. The van der Waals surface area contributed by atoms with Crippen LogP contribution in [-0.4, -0.2) is 24.1 Å². The van der Waals surface area contributed by atoms with E-state index in [1.165, 1.54) is 5.56 Å². The first-order valence-electron chi connectivity index (χ1n) is 8.34. The molecule has 2 N–H and O–H groups in total. The van der Waals surface area contributed by atoms with Crippen molar-refractivity contribution in [3.05, 3.63) is 70.2 Å². The predicted octanol–water partition coefficient (Wildman–Crippen LogP) is 3.73. The standard InChI is InChI=1S/C20H22ClN3O2/c1-13(2)15-4-6-16(7-5-15)14(3)23-24-19(25)12-22-20(26)17-8-10-18(21)11-9-17/h4-11,13H,12H2,1-3H3,(H,22,26)(H,24,25)/b23-14+. The van der Waals surface area contributed by atoms with Crippen LogP contribution in [0.2, 0.25) is 5.02 Å². The monoisotopic (exact) mass is 371 g/mol. The minimum atomic E-state index is -0.398. The van der Waals surface area contributed by atoms with E-state index in [0.717, 1.165) is 5.56 Å². The van der Waals surface area contributed by atoms with E-state index in [4.69, 9.17) is 11.6 Å².